The Labute approximate surface area is 123 Å². The van der Waals surface area contributed by atoms with E-state index in [1.165, 1.54) is 0 Å². The Bertz CT molecular complexity index is 604. The van der Waals surface area contributed by atoms with Gasteiger partial charge in [0.15, 0.2) is 10.3 Å². The van der Waals surface area contributed by atoms with Crippen LogP contribution in [0.4, 0.5) is 0 Å². The molecule has 0 aliphatic heterocycles. The van der Waals surface area contributed by atoms with E-state index in [9.17, 15) is 4.79 Å². The monoisotopic (exact) mass is 348 g/mol. The van der Waals surface area contributed by atoms with Gasteiger partial charge in [0.25, 0.3) is 0 Å². The number of benzene rings is 1. The third-order valence-electron chi connectivity index (χ3n) is 2.89. The lowest BCUT2D eigenvalue weighted by atomic mass is 9.88. The SMILES string of the molecule is CC(C)C(C(=O)Cl)c1ccc(Cl)c2oc(Br)cc12. The first-order chi connectivity index (χ1) is 8.41. The summed E-state index contributed by atoms with van der Waals surface area (Å²) in [5.74, 6) is -0.260. The number of hydrogen-bond acceptors (Lipinski definition) is 2. The minimum absolute atomic E-state index is 0.105. The fraction of sp³-hybridized carbons (Fsp3) is 0.308. The summed E-state index contributed by atoms with van der Waals surface area (Å²) in [7, 11) is 0. The van der Waals surface area contributed by atoms with Crippen molar-refractivity contribution in [3.8, 4) is 0 Å². The molecule has 2 nitrogen and oxygen atoms in total. The highest BCUT2D eigenvalue weighted by molar-refractivity contribution is 9.10. The Balaban J connectivity index is 2.70. The van der Waals surface area contributed by atoms with Crippen molar-refractivity contribution < 1.29 is 9.21 Å². The standard InChI is InChI=1S/C13H11BrCl2O2/c1-6(2)11(13(16)17)7-3-4-9(15)12-8(7)5-10(14)18-12/h3-6,11H,1-2H3. The Morgan fingerprint density at radius 3 is 2.61 bits per heavy atom. The van der Waals surface area contributed by atoms with Crippen LogP contribution in [0.5, 0.6) is 0 Å². The third-order valence-corrected chi connectivity index (χ3v) is 3.81. The fourth-order valence-corrected chi connectivity index (χ4v) is 3.06. The summed E-state index contributed by atoms with van der Waals surface area (Å²) in [6.45, 7) is 3.92. The molecule has 2 aromatic rings. The molecule has 0 N–H and O–H groups in total. The fourth-order valence-electron chi connectivity index (χ4n) is 2.10. The number of carbonyl (C=O) groups is 1. The van der Waals surface area contributed by atoms with E-state index in [2.05, 4.69) is 15.9 Å². The van der Waals surface area contributed by atoms with Gasteiger partial charge in [0.05, 0.1) is 10.9 Å². The summed E-state index contributed by atoms with van der Waals surface area (Å²) in [5, 5.41) is 0.969. The van der Waals surface area contributed by atoms with E-state index in [1.807, 2.05) is 26.0 Å². The quantitative estimate of drug-likeness (QED) is 0.699. The first kappa shape index (κ1) is 13.9. The molecule has 96 valence electrons. The molecular formula is C13H11BrCl2O2. The van der Waals surface area contributed by atoms with Gasteiger partial charge < -0.3 is 4.42 Å². The zero-order valence-electron chi connectivity index (χ0n) is 9.84. The largest absolute Gasteiger partial charge is 0.448 e. The maximum atomic E-state index is 11.6. The van der Waals surface area contributed by atoms with E-state index in [4.69, 9.17) is 27.6 Å². The van der Waals surface area contributed by atoms with E-state index < -0.39 is 0 Å². The van der Waals surface area contributed by atoms with Crippen molar-refractivity contribution in [2.45, 2.75) is 19.8 Å². The highest BCUT2D eigenvalue weighted by atomic mass is 79.9. The van der Waals surface area contributed by atoms with Crippen molar-refractivity contribution in [3.05, 3.63) is 33.5 Å². The Kier molecular flexibility index (Phi) is 4.05. The topological polar surface area (TPSA) is 30.2 Å². The van der Waals surface area contributed by atoms with Crippen LogP contribution < -0.4 is 0 Å². The molecule has 18 heavy (non-hydrogen) atoms. The molecule has 1 unspecified atom stereocenters. The van der Waals surface area contributed by atoms with Crippen LogP contribution in [-0.4, -0.2) is 5.24 Å². The lowest BCUT2D eigenvalue weighted by Gasteiger charge is -2.17. The van der Waals surface area contributed by atoms with Crippen LogP contribution in [0.1, 0.15) is 25.3 Å². The molecule has 0 aliphatic rings. The molecule has 0 amide bonds. The second-order valence-electron chi connectivity index (χ2n) is 4.46. The molecule has 2 rings (SSSR count). The van der Waals surface area contributed by atoms with Gasteiger partial charge in [-0.15, -0.1) is 0 Å². The van der Waals surface area contributed by atoms with Gasteiger partial charge >= 0.3 is 0 Å². The molecule has 0 saturated carbocycles. The molecule has 0 spiro atoms. The summed E-state index contributed by atoms with van der Waals surface area (Å²) in [4.78, 5) is 11.6. The lowest BCUT2D eigenvalue weighted by Crippen LogP contribution is -2.13. The number of rotatable bonds is 3. The smallest absolute Gasteiger partial charge is 0.229 e. The number of halogens is 3. The van der Waals surface area contributed by atoms with E-state index in [-0.39, 0.29) is 17.1 Å². The van der Waals surface area contributed by atoms with Gasteiger partial charge in [0.2, 0.25) is 5.24 Å². The van der Waals surface area contributed by atoms with Gasteiger partial charge in [-0.3, -0.25) is 4.79 Å². The van der Waals surface area contributed by atoms with Crippen LogP contribution in [0, 0.1) is 5.92 Å². The van der Waals surface area contributed by atoms with E-state index in [0.717, 1.165) is 10.9 Å². The van der Waals surface area contributed by atoms with Crippen LogP contribution in [0.3, 0.4) is 0 Å². The third kappa shape index (κ3) is 2.44. The summed E-state index contributed by atoms with van der Waals surface area (Å²) in [6, 6.07) is 5.37. The van der Waals surface area contributed by atoms with E-state index in [0.29, 0.717) is 15.3 Å². The predicted molar refractivity (Wildman–Crippen MR) is 77.4 cm³/mol. The minimum Gasteiger partial charge on any atom is -0.448 e. The van der Waals surface area contributed by atoms with Crippen molar-refractivity contribution in [3.63, 3.8) is 0 Å². The van der Waals surface area contributed by atoms with Crippen molar-refractivity contribution in [2.24, 2.45) is 5.92 Å². The van der Waals surface area contributed by atoms with E-state index in [1.54, 1.807) is 6.07 Å². The average molecular weight is 350 g/mol. The molecule has 0 radical (unpaired) electrons. The van der Waals surface area contributed by atoms with E-state index >= 15 is 0 Å². The molecule has 1 atom stereocenters. The number of furan rings is 1. The van der Waals surface area contributed by atoms with Gasteiger partial charge in [-0.05, 0) is 51.1 Å². The second-order valence-corrected chi connectivity index (χ2v) is 6.02. The second kappa shape index (κ2) is 5.24. The van der Waals surface area contributed by atoms with Crippen LogP contribution >= 0.6 is 39.1 Å². The van der Waals surface area contributed by atoms with Crippen molar-refractivity contribution in [2.75, 3.05) is 0 Å². The number of fused-ring (bicyclic) bond motifs is 1. The Morgan fingerprint density at radius 2 is 2.06 bits per heavy atom. The summed E-state index contributed by atoms with van der Waals surface area (Å²) in [6.07, 6.45) is 0. The molecule has 1 aromatic heterocycles. The van der Waals surface area contributed by atoms with Gasteiger partial charge in [0.1, 0.15) is 0 Å². The van der Waals surface area contributed by atoms with Gasteiger partial charge in [0, 0.05) is 5.39 Å². The summed E-state index contributed by atoms with van der Waals surface area (Å²) in [5.41, 5.74) is 1.42. The van der Waals surface area contributed by atoms with Crippen LogP contribution in [0.2, 0.25) is 5.02 Å². The minimum atomic E-state index is -0.369. The summed E-state index contributed by atoms with van der Waals surface area (Å²) >= 11 is 15.1. The predicted octanol–water partition coefficient (Wildman–Crippen LogP) is 5.35. The molecule has 0 bridgehead atoms. The lowest BCUT2D eigenvalue weighted by molar-refractivity contribution is -0.113. The van der Waals surface area contributed by atoms with Crippen LogP contribution in [0.25, 0.3) is 11.0 Å². The molecule has 0 saturated heterocycles. The normalized spacial score (nSPS) is 13.2. The molecule has 5 heteroatoms. The molecule has 0 fully saturated rings. The van der Waals surface area contributed by atoms with Crippen LogP contribution in [0.15, 0.2) is 27.3 Å². The highest BCUT2D eigenvalue weighted by Gasteiger charge is 2.26. The number of carbonyl (C=O) groups excluding carboxylic acids is 1. The highest BCUT2D eigenvalue weighted by Crippen LogP contribution is 2.38. The molecular weight excluding hydrogens is 339 g/mol. The maximum absolute atomic E-state index is 11.6. The Morgan fingerprint density at radius 1 is 1.39 bits per heavy atom. The first-order valence-electron chi connectivity index (χ1n) is 5.48. The van der Waals surface area contributed by atoms with Crippen molar-refractivity contribution in [1.29, 1.82) is 0 Å². The average Bonchev–Trinajstić information content (AvgIpc) is 2.63. The van der Waals surface area contributed by atoms with Gasteiger partial charge in [-0.25, -0.2) is 0 Å². The zero-order chi connectivity index (χ0) is 13.4. The maximum Gasteiger partial charge on any atom is 0.229 e. The molecule has 0 aliphatic carbocycles. The van der Waals surface area contributed by atoms with Crippen molar-refractivity contribution >= 4 is 55.3 Å². The zero-order valence-corrected chi connectivity index (χ0v) is 12.9. The Hall–Kier alpha value is -0.510. The number of hydrogen-bond donors (Lipinski definition) is 0. The van der Waals surface area contributed by atoms with Gasteiger partial charge in [-0.2, -0.15) is 0 Å². The molecule has 1 heterocycles. The van der Waals surface area contributed by atoms with Crippen LogP contribution in [-0.2, 0) is 4.79 Å². The van der Waals surface area contributed by atoms with Gasteiger partial charge in [-0.1, -0.05) is 31.5 Å². The first-order valence-corrected chi connectivity index (χ1v) is 7.03. The summed E-state index contributed by atoms with van der Waals surface area (Å²) < 4.78 is 6.06. The van der Waals surface area contributed by atoms with Crippen molar-refractivity contribution in [1.82, 2.24) is 0 Å². The molecule has 1 aromatic carbocycles.